The van der Waals surface area contributed by atoms with Crippen LogP contribution in [-0.2, 0) is 0 Å². The molecule has 1 aromatic rings. The van der Waals surface area contributed by atoms with Gasteiger partial charge in [0.1, 0.15) is 0 Å². The third kappa shape index (κ3) is 3.84. The molecular formula is C14H21N3O3. The summed E-state index contributed by atoms with van der Waals surface area (Å²) in [5, 5.41) is 17.6. The molecule has 1 saturated heterocycles. The minimum Gasteiger partial charge on any atom is -0.487 e. The van der Waals surface area contributed by atoms with Crippen LogP contribution in [0.2, 0.25) is 0 Å². The number of nitro groups is 1. The lowest BCUT2D eigenvalue weighted by molar-refractivity contribution is -0.385. The zero-order chi connectivity index (χ0) is 14.4. The highest BCUT2D eigenvalue weighted by molar-refractivity contribution is 5.57. The van der Waals surface area contributed by atoms with E-state index in [1.807, 2.05) is 6.92 Å². The smallest absolute Gasteiger partial charge is 0.311 e. The zero-order valence-electron chi connectivity index (χ0n) is 11.7. The molecule has 1 aliphatic heterocycles. The first-order valence-corrected chi connectivity index (χ1v) is 7.09. The second-order valence-corrected chi connectivity index (χ2v) is 4.88. The van der Waals surface area contributed by atoms with Gasteiger partial charge in [0.15, 0.2) is 5.75 Å². The molecule has 1 heterocycles. The summed E-state index contributed by atoms with van der Waals surface area (Å²) in [6.45, 7) is 4.18. The number of nitro benzene ring substituents is 1. The molecule has 0 amide bonds. The minimum atomic E-state index is -0.419. The summed E-state index contributed by atoms with van der Waals surface area (Å²) in [5.74, 6) is 0.321. The Labute approximate surface area is 118 Å². The van der Waals surface area contributed by atoms with E-state index in [2.05, 4.69) is 10.6 Å². The number of rotatable bonds is 7. The van der Waals surface area contributed by atoms with Gasteiger partial charge >= 0.3 is 5.69 Å². The summed E-state index contributed by atoms with van der Waals surface area (Å²) < 4.78 is 5.32. The van der Waals surface area contributed by atoms with Gasteiger partial charge in [0.05, 0.1) is 11.5 Å². The Morgan fingerprint density at radius 3 is 3.05 bits per heavy atom. The van der Waals surface area contributed by atoms with Crippen molar-refractivity contribution in [2.45, 2.75) is 32.2 Å². The van der Waals surface area contributed by atoms with E-state index in [1.165, 1.54) is 18.9 Å². The quantitative estimate of drug-likeness (QED) is 0.592. The molecule has 0 unspecified atom stereocenters. The van der Waals surface area contributed by atoms with Gasteiger partial charge in [0.2, 0.25) is 0 Å². The number of anilines is 1. The van der Waals surface area contributed by atoms with Gasteiger partial charge in [0, 0.05) is 30.4 Å². The van der Waals surface area contributed by atoms with Crippen molar-refractivity contribution in [3.05, 3.63) is 28.3 Å². The Morgan fingerprint density at radius 1 is 1.55 bits per heavy atom. The van der Waals surface area contributed by atoms with Crippen LogP contribution in [0.3, 0.4) is 0 Å². The number of nitrogens with zero attached hydrogens (tertiary/aromatic N) is 1. The number of nitrogens with one attached hydrogen (secondary N) is 2. The minimum absolute atomic E-state index is 0.00913. The van der Waals surface area contributed by atoms with E-state index in [1.54, 1.807) is 12.1 Å². The van der Waals surface area contributed by atoms with Crippen LogP contribution in [0.1, 0.15) is 26.2 Å². The van der Waals surface area contributed by atoms with Crippen molar-refractivity contribution >= 4 is 11.4 Å². The molecule has 1 atom stereocenters. The van der Waals surface area contributed by atoms with Crippen LogP contribution in [0.5, 0.6) is 5.75 Å². The largest absolute Gasteiger partial charge is 0.487 e. The lowest BCUT2D eigenvalue weighted by Gasteiger charge is -2.12. The molecule has 1 aromatic carbocycles. The van der Waals surface area contributed by atoms with E-state index in [-0.39, 0.29) is 5.69 Å². The van der Waals surface area contributed by atoms with Gasteiger partial charge in [-0.25, -0.2) is 0 Å². The summed E-state index contributed by atoms with van der Waals surface area (Å²) in [5.41, 5.74) is 0.868. The van der Waals surface area contributed by atoms with Crippen molar-refractivity contribution in [2.75, 3.05) is 25.0 Å². The molecule has 2 rings (SSSR count). The lowest BCUT2D eigenvalue weighted by Crippen LogP contribution is -2.24. The number of hydrogen-bond acceptors (Lipinski definition) is 5. The Hall–Kier alpha value is -1.82. The highest BCUT2D eigenvalue weighted by atomic mass is 16.6. The summed E-state index contributed by atoms with van der Waals surface area (Å²) in [4.78, 5) is 10.5. The molecule has 1 aliphatic rings. The van der Waals surface area contributed by atoms with Crippen molar-refractivity contribution in [3.8, 4) is 5.75 Å². The highest BCUT2D eigenvalue weighted by Crippen LogP contribution is 2.30. The van der Waals surface area contributed by atoms with Crippen molar-refractivity contribution in [1.82, 2.24) is 5.32 Å². The Bertz CT molecular complexity index is 459. The first-order valence-electron chi connectivity index (χ1n) is 7.09. The SMILES string of the molecule is CCOc1cc(NCC[C@H]2CCCN2)ccc1[N+](=O)[O-]. The molecule has 1 fully saturated rings. The highest BCUT2D eigenvalue weighted by Gasteiger charge is 2.16. The Balaban J connectivity index is 1.93. The van der Waals surface area contributed by atoms with Crippen molar-refractivity contribution < 1.29 is 9.66 Å². The van der Waals surface area contributed by atoms with Crippen molar-refractivity contribution in [1.29, 1.82) is 0 Å². The van der Waals surface area contributed by atoms with Crippen molar-refractivity contribution in [2.24, 2.45) is 0 Å². The summed E-state index contributed by atoms with van der Waals surface area (Å²) in [6.07, 6.45) is 3.53. The van der Waals surface area contributed by atoms with Crippen LogP contribution >= 0.6 is 0 Å². The van der Waals surface area contributed by atoms with E-state index >= 15 is 0 Å². The summed E-state index contributed by atoms with van der Waals surface area (Å²) in [7, 11) is 0. The summed E-state index contributed by atoms with van der Waals surface area (Å²) >= 11 is 0. The van der Waals surface area contributed by atoms with Gasteiger partial charge in [0.25, 0.3) is 0 Å². The van der Waals surface area contributed by atoms with E-state index in [9.17, 15) is 10.1 Å². The maximum Gasteiger partial charge on any atom is 0.311 e. The number of benzene rings is 1. The molecule has 2 N–H and O–H groups in total. The molecule has 110 valence electrons. The zero-order valence-corrected chi connectivity index (χ0v) is 11.7. The first-order chi connectivity index (χ1) is 9.70. The van der Waals surface area contributed by atoms with Crippen LogP contribution in [0.4, 0.5) is 11.4 Å². The molecular weight excluding hydrogens is 258 g/mol. The van der Waals surface area contributed by atoms with E-state index in [0.717, 1.165) is 25.2 Å². The average Bonchev–Trinajstić information content (AvgIpc) is 2.92. The first kappa shape index (κ1) is 14.6. The third-order valence-electron chi connectivity index (χ3n) is 3.44. The lowest BCUT2D eigenvalue weighted by atomic mass is 10.1. The number of hydrogen-bond donors (Lipinski definition) is 2. The predicted molar refractivity (Wildman–Crippen MR) is 78.4 cm³/mol. The Morgan fingerprint density at radius 2 is 2.40 bits per heavy atom. The molecule has 0 bridgehead atoms. The maximum absolute atomic E-state index is 10.9. The van der Waals surface area contributed by atoms with Gasteiger partial charge in [-0.05, 0) is 38.8 Å². The molecule has 0 aromatic heterocycles. The normalized spacial score (nSPS) is 17.9. The van der Waals surface area contributed by atoms with Gasteiger partial charge in [-0.1, -0.05) is 0 Å². The molecule has 6 nitrogen and oxygen atoms in total. The van der Waals surface area contributed by atoms with Crippen LogP contribution in [0, 0.1) is 10.1 Å². The Kier molecular flexibility index (Phi) is 5.17. The molecule has 0 saturated carbocycles. The van der Waals surface area contributed by atoms with Gasteiger partial charge in [-0.2, -0.15) is 0 Å². The van der Waals surface area contributed by atoms with Crippen LogP contribution in [-0.4, -0.2) is 30.7 Å². The fourth-order valence-corrected chi connectivity index (χ4v) is 2.44. The fraction of sp³-hybridized carbons (Fsp3) is 0.571. The van der Waals surface area contributed by atoms with Crippen LogP contribution in [0.25, 0.3) is 0 Å². The van der Waals surface area contributed by atoms with Crippen LogP contribution < -0.4 is 15.4 Å². The second-order valence-electron chi connectivity index (χ2n) is 4.88. The maximum atomic E-state index is 10.9. The second kappa shape index (κ2) is 7.09. The molecule has 20 heavy (non-hydrogen) atoms. The fourth-order valence-electron chi connectivity index (χ4n) is 2.44. The van der Waals surface area contributed by atoms with Crippen molar-refractivity contribution in [3.63, 3.8) is 0 Å². The van der Waals surface area contributed by atoms with Crippen LogP contribution in [0.15, 0.2) is 18.2 Å². The van der Waals surface area contributed by atoms with E-state index in [0.29, 0.717) is 18.4 Å². The van der Waals surface area contributed by atoms with Gasteiger partial charge in [-0.3, -0.25) is 10.1 Å². The van der Waals surface area contributed by atoms with Gasteiger partial charge < -0.3 is 15.4 Å². The summed E-state index contributed by atoms with van der Waals surface area (Å²) in [6, 6.07) is 5.50. The molecule has 0 radical (unpaired) electrons. The van der Waals surface area contributed by atoms with Gasteiger partial charge in [-0.15, -0.1) is 0 Å². The average molecular weight is 279 g/mol. The predicted octanol–water partition coefficient (Wildman–Crippen LogP) is 2.55. The van der Waals surface area contributed by atoms with E-state index < -0.39 is 4.92 Å². The monoisotopic (exact) mass is 279 g/mol. The standard InChI is InChI=1S/C14H21N3O3/c1-2-20-14-10-12(5-6-13(14)17(18)19)16-9-7-11-4-3-8-15-11/h5-6,10-11,15-16H,2-4,7-9H2,1H3/t11-/m1/s1. The number of ether oxygens (including phenoxy) is 1. The third-order valence-corrected chi connectivity index (χ3v) is 3.44. The molecule has 6 heteroatoms. The molecule has 0 aliphatic carbocycles. The molecule has 0 spiro atoms. The van der Waals surface area contributed by atoms with E-state index in [4.69, 9.17) is 4.74 Å². The topological polar surface area (TPSA) is 76.4 Å².